The van der Waals surface area contributed by atoms with Gasteiger partial charge in [0.1, 0.15) is 0 Å². The van der Waals surface area contributed by atoms with Gasteiger partial charge in [-0.15, -0.1) is 0 Å². The van der Waals surface area contributed by atoms with Gasteiger partial charge in [0.05, 0.1) is 20.8 Å². The third-order valence-electron chi connectivity index (χ3n) is 6.65. The second kappa shape index (κ2) is 7.27. The molecule has 1 heterocycles. The molecule has 1 aliphatic heterocycles. The molecule has 1 aliphatic carbocycles. The first-order valence-corrected chi connectivity index (χ1v) is 12.7. The number of hydrogen-bond donors (Lipinski definition) is 0. The van der Waals surface area contributed by atoms with E-state index in [0.717, 1.165) is 13.0 Å². The molecule has 0 aromatic carbocycles. The largest absolute Gasteiger partial charge is 0.373 e. The monoisotopic (exact) mass is 334 g/mol. The Morgan fingerprint density at radius 1 is 1.13 bits per heavy atom. The summed E-state index contributed by atoms with van der Waals surface area (Å²) in [7, 11) is -1.44. The van der Waals surface area contributed by atoms with Gasteiger partial charge in [-0.25, -0.2) is 0 Å². The summed E-state index contributed by atoms with van der Waals surface area (Å²) < 4.78 is 6.24. The maximum atomic E-state index is 6.24. The molecule has 0 spiro atoms. The van der Waals surface area contributed by atoms with Gasteiger partial charge >= 0.3 is 0 Å². The molecule has 2 atom stereocenters. The predicted molar refractivity (Wildman–Crippen MR) is 105 cm³/mol. The van der Waals surface area contributed by atoms with Crippen LogP contribution in [-0.4, -0.2) is 20.8 Å². The minimum absolute atomic E-state index is 0.405. The molecule has 0 saturated carbocycles. The molecule has 0 aromatic heterocycles. The normalized spacial score (nSPS) is 25.4. The topological polar surface area (TPSA) is 9.23 Å². The van der Waals surface area contributed by atoms with Crippen molar-refractivity contribution in [2.75, 3.05) is 6.61 Å². The van der Waals surface area contributed by atoms with E-state index in [-0.39, 0.29) is 0 Å². The van der Waals surface area contributed by atoms with Gasteiger partial charge in [0, 0.05) is 5.92 Å². The van der Waals surface area contributed by atoms with Gasteiger partial charge < -0.3 is 4.74 Å². The summed E-state index contributed by atoms with van der Waals surface area (Å²) in [5.74, 6) is 0.547. The third-order valence-corrected chi connectivity index (χ3v) is 12.4. The highest BCUT2D eigenvalue weighted by atomic mass is 28.3. The van der Waals surface area contributed by atoms with Crippen molar-refractivity contribution in [1.82, 2.24) is 0 Å². The zero-order valence-electron chi connectivity index (χ0n) is 16.4. The van der Waals surface area contributed by atoms with Crippen molar-refractivity contribution in [2.45, 2.75) is 96.9 Å². The molecule has 132 valence electrons. The maximum absolute atomic E-state index is 6.24. The van der Waals surface area contributed by atoms with E-state index in [2.05, 4.69) is 47.4 Å². The number of hydrogen-bond acceptors (Lipinski definition) is 1. The first-order chi connectivity index (χ1) is 10.7. The Kier molecular flexibility index (Phi) is 6.00. The van der Waals surface area contributed by atoms with Gasteiger partial charge in [-0.1, -0.05) is 90.2 Å². The van der Waals surface area contributed by atoms with Crippen LogP contribution in [0, 0.1) is 5.92 Å². The van der Waals surface area contributed by atoms with Crippen LogP contribution in [0.15, 0.2) is 22.9 Å². The van der Waals surface area contributed by atoms with Crippen molar-refractivity contribution in [3.63, 3.8) is 0 Å². The Morgan fingerprint density at radius 3 is 2.39 bits per heavy atom. The van der Waals surface area contributed by atoms with Crippen molar-refractivity contribution in [1.29, 1.82) is 0 Å². The number of ether oxygens (including phenoxy) is 1. The fraction of sp³-hybridized carbons (Fsp3) is 0.810. The van der Waals surface area contributed by atoms with E-state index in [0.29, 0.717) is 17.1 Å². The van der Waals surface area contributed by atoms with Crippen molar-refractivity contribution < 1.29 is 4.74 Å². The SMILES string of the molecule is C=C1CC([Si](C)(C)C(C)(C)C)=C2CO[C@@H](CCCCCCC)[C@@H]12. The molecular weight excluding hydrogens is 296 g/mol. The Labute approximate surface area is 145 Å². The van der Waals surface area contributed by atoms with E-state index in [4.69, 9.17) is 4.74 Å². The van der Waals surface area contributed by atoms with Crippen molar-refractivity contribution in [2.24, 2.45) is 5.92 Å². The highest BCUT2D eigenvalue weighted by Crippen LogP contribution is 2.52. The van der Waals surface area contributed by atoms with E-state index >= 15 is 0 Å². The van der Waals surface area contributed by atoms with Crippen LogP contribution < -0.4 is 0 Å². The summed E-state index contributed by atoms with van der Waals surface area (Å²) in [5, 5.41) is 2.16. The quantitative estimate of drug-likeness (QED) is 0.287. The van der Waals surface area contributed by atoms with Crippen LogP contribution in [0.2, 0.25) is 18.1 Å². The summed E-state index contributed by atoms with van der Waals surface area (Å²) in [4.78, 5) is 0. The maximum Gasteiger partial charge on any atom is 0.0812 e. The summed E-state index contributed by atoms with van der Waals surface area (Å²) >= 11 is 0. The lowest BCUT2D eigenvalue weighted by molar-refractivity contribution is 0.0877. The molecule has 1 nitrogen and oxygen atoms in total. The number of rotatable bonds is 7. The molecule has 0 bridgehead atoms. The fourth-order valence-electron chi connectivity index (χ4n) is 4.12. The average Bonchev–Trinajstić information content (AvgIpc) is 3.00. The Balaban J connectivity index is 2.06. The van der Waals surface area contributed by atoms with E-state index in [9.17, 15) is 0 Å². The first kappa shape index (κ1) is 19.0. The Hall–Kier alpha value is -0.343. The van der Waals surface area contributed by atoms with Crippen molar-refractivity contribution in [3.8, 4) is 0 Å². The van der Waals surface area contributed by atoms with Gasteiger partial charge in [0.25, 0.3) is 0 Å². The van der Waals surface area contributed by atoms with E-state index < -0.39 is 8.07 Å². The molecule has 1 fully saturated rings. The molecule has 0 N–H and O–H groups in total. The van der Waals surface area contributed by atoms with Crippen molar-refractivity contribution >= 4 is 8.07 Å². The van der Waals surface area contributed by atoms with Crippen molar-refractivity contribution in [3.05, 3.63) is 22.9 Å². The highest BCUT2D eigenvalue weighted by Gasteiger charge is 2.48. The average molecular weight is 335 g/mol. The van der Waals surface area contributed by atoms with Gasteiger partial charge in [-0.2, -0.15) is 0 Å². The predicted octanol–water partition coefficient (Wildman–Crippen LogP) is 6.67. The zero-order chi connectivity index (χ0) is 17.3. The van der Waals surface area contributed by atoms with Crippen LogP contribution in [-0.2, 0) is 4.74 Å². The lowest BCUT2D eigenvalue weighted by Gasteiger charge is -2.39. The summed E-state index contributed by atoms with van der Waals surface area (Å²) in [5.41, 5.74) is 3.08. The minimum atomic E-state index is -1.44. The smallest absolute Gasteiger partial charge is 0.0812 e. The molecule has 0 unspecified atom stereocenters. The van der Waals surface area contributed by atoms with Crippen LogP contribution in [0.3, 0.4) is 0 Å². The summed E-state index contributed by atoms with van der Waals surface area (Å²) in [6.07, 6.45) is 9.56. The fourth-order valence-corrected chi connectivity index (χ4v) is 6.72. The summed E-state index contributed by atoms with van der Waals surface area (Å²) in [6.45, 7) is 20.0. The van der Waals surface area contributed by atoms with Crippen LogP contribution in [0.4, 0.5) is 0 Å². The molecule has 23 heavy (non-hydrogen) atoms. The molecule has 2 aliphatic rings. The molecule has 2 rings (SSSR count). The van der Waals surface area contributed by atoms with E-state index in [1.54, 1.807) is 10.8 Å². The second-order valence-electron chi connectivity index (χ2n) is 9.24. The number of allylic oxidation sites excluding steroid dienone is 1. The third kappa shape index (κ3) is 3.84. The lowest BCUT2D eigenvalue weighted by atomic mass is 9.91. The first-order valence-electron chi connectivity index (χ1n) is 9.71. The minimum Gasteiger partial charge on any atom is -0.373 e. The van der Waals surface area contributed by atoms with Gasteiger partial charge in [-0.3, -0.25) is 0 Å². The van der Waals surface area contributed by atoms with Gasteiger partial charge in [0.15, 0.2) is 0 Å². The van der Waals surface area contributed by atoms with Crippen LogP contribution in [0.25, 0.3) is 0 Å². The van der Waals surface area contributed by atoms with Crippen LogP contribution >= 0.6 is 0 Å². The number of unbranched alkanes of at least 4 members (excludes halogenated alkanes) is 4. The molecule has 0 aromatic rings. The lowest BCUT2D eigenvalue weighted by Crippen LogP contribution is -2.40. The molecule has 0 amide bonds. The number of fused-ring (bicyclic) bond motifs is 1. The molecule has 0 radical (unpaired) electrons. The summed E-state index contributed by atoms with van der Waals surface area (Å²) in [6, 6.07) is 0. The van der Waals surface area contributed by atoms with E-state index in [1.165, 1.54) is 44.1 Å². The Bertz CT molecular complexity index is 467. The molecule has 1 saturated heterocycles. The van der Waals surface area contributed by atoms with Crippen LogP contribution in [0.1, 0.15) is 72.6 Å². The van der Waals surface area contributed by atoms with Crippen LogP contribution in [0.5, 0.6) is 0 Å². The molecule has 2 heteroatoms. The zero-order valence-corrected chi connectivity index (χ0v) is 17.4. The highest BCUT2D eigenvalue weighted by molar-refractivity contribution is 6.87. The van der Waals surface area contributed by atoms with Gasteiger partial charge in [0.2, 0.25) is 0 Å². The van der Waals surface area contributed by atoms with Gasteiger partial charge in [-0.05, 0) is 23.5 Å². The molecular formula is C21H38OSi. The van der Waals surface area contributed by atoms with E-state index in [1.807, 2.05) is 0 Å². The Morgan fingerprint density at radius 2 is 1.78 bits per heavy atom. The second-order valence-corrected chi connectivity index (χ2v) is 14.6. The standard InChI is InChI=1S/C21H38OSi/c1-8-9-10-11-12-13-18-20-16(2)14-19(17(20)15-22-18)23(6,7)21(3,4)5/h18,20H,2,8-15H2,1,3-7H3/t18-,20-/m0/s1.